The maximum atomic E-state index is 11.9. The van der Waals surface area contributed by atoms with Crippen molar-refractivity contribution >= 4 is 28.9 Å². The van der Waals surface area contributed by atoms with Crippen LogP contribution in [0.25, 0.3) is 0 Å². The van der Waals surface area contributed by atoms with E-state index >= 15 is 0 Å². The number of nitrogen functional groups attached to an aromatic ring is 1. The second-order valence-electron chi connectivity index (χ2n) is 2.67. The summed E-state index contributed by atoms with van der Waals surface area (Å²) in [5, 5.41) is 0.138. The number of nitrogens with two attached hydrogens (primary N) is 1. The molecule has 15 heavy (non-hydrogen) atoms. The minimum Gasteiger partial charge on any atom is -0.406 e. The highest BCUT2D eigenvalue weighted by Gasteiger charge is 2.31. The van der Waals surface area contributed by atoms with Gasteiger partial charge in [0.2, 0.25) is 0 Å². The van der Waals surface area contributed by atoms with E-state index in [-0.39, 0.29) is 22.2 Å². The first-order valence-corrected chi connectivity index (χ1v) is 4.64. The Hall–Kier alpha value is -0.810. The fraction of sp³-hybridized carbons (Fsp3) is 0.250. The molecule has 0 bridgehead atoms. The number of ether oxygens (including phenoxy) is 1. The van der Waals surface area contributed by atoms with E-state index in [1.165, 1.54) is 0 Å². The van der Waals surface area contributed by atoms with Crippen molar-refractivity contribution in [3.05, 3.63) is 22.7 Å². The molecule has 0 spiro atoms. The van der Waals surface area contributed by atoms with Crippen molar-refractivity contribution in [1.82, 2.24) is 0 Å². The van der Waals surface area contributed by atoms with Crippen LogP contribution in [0.4, 0.5) is 18.9 Å². The summed E-state index contributed by atoms with van der Waals surface area (Å²) >= 11 is 11.2. The van der Waals surface area contributed by atoms with Crippen LogP contribution in [0.15, 0.2) is 12.1 Å². The fourth-order valence-electron chi connectivity index (χ4n) is 0.969. The van der Waals surface area contributed by atoms with E-state index in [9.17, 15) is 13.2 Å². The van der Waals surface area contributed by atoms with Crippen LogP contribution in [0.2, 0.25) is 5.02 Å². The number of hydrogen-bond acceptors (Lipinski definition) is 2. The normalized spacial score (nSPS) is 11.5. The number of benzene rings is 1. The first-order valence-electron chi connectivity index (χ1n) is 3.73. The van der Waals surface area contributed by atoms with Crippen molar-refractivity contribution in [1.29, 1.82) is 0 Å². The van der Waals surface area contributed by atoms with Crippen LogP contribution in [0, 0.1) is 0 Å². The maximum absolute atomic E-state index is 11.9. The van der Waals surface area contributed by atoms with Crippen LogP contribution >= 0.6 is 23.2 Å². The Morgan fingerprint density at radius 3 is 2.40 bits per heavy atom. The molecule has 0 radical (unpaired) electrons. The number of halogens is 5. The van der Waals surface area contributed by atoms with Crippen LogP contribution in [0.1, 0.15) is 5.56 Å². The molecule has 0 aliphatic rings. The molecule has 0 heterocycles. The van der Waals surface area contributed by atoms with Crippen molar-refractivity contribution in [2.45, 2.75) is 12.2 Å². The summed E-state index contributed by atoms with van der Waals surface area (Å²) in [7, 11) is 0. The Labute approximate surface area is 93.7 Å². The average Bonchev–Trinajstić information content (AvgIpc) is 2.08. The SMILES string of the molecule is Nc1cc(OC(F)(F)F)cc(CCl)c1Cl. The topological polar surface area (TPSA) is 35.2 Å². The Balaban J connectivity index is 3.06. The van der Waals surface area contributed by atoms with Gasteiger partial charge in [-0.15, -0.1) is 24.8 Å². The molecule has 0 aromatic heterocycles. The van der Waals surface area contributed by atoms with Gasteiger partial charge >= 0.3 is 6.36 Å². The molecule has 7 heteroatoms. The highest BCUT2D eigenvalue weighted by molar-refractivity contribution is 6.34. The number of alkyl halides is 4. The molecule has 0 saturated heterocycles. The Kier molecular flexibility index (Phi) is 3.57. The summed E-state index contributed by atoms with van der Waals surface area (Å²) in [5.74, 6) is -0.474. The minimum atomic E-state index is -4.76. The van der Waals surface area contributed by atoms with Crippen LogP contribution in [0.5, 0.6) is 5.75 Å². The third-order valence-electron chi connectivity index (χ3n) is 1.53. The lowest BCUT2D eigenvalue weighted by molar-refractivity contribution is -0.274. The maximum Gasteiger partial charge on any atom is 0.573 e. The summed E-state index contributed by atoms with van der Waals surface area (Å²) in [6, 6.07) is 2.09. The molecule has 2 N–H and O–H groups in total. The predicted molar refractivity (Wildman–Crippen MR) is 52.1 cm³/mol. The van der Waals surface area contributed by atoms with E-state index in [1.807, 2.05) is 0 Å². The fourth-order valence-corrected chi connectivity index (χ4v) is 1.42. The van der Waals surface area contributed by atoms with E-state index in [1.54, 1.807) is 0 Å². The van der Waals surface area contributed by atoms with Crippen molar-refractivity contribution in [3.8, 4) is 5.75 Å². The number of anilines is 1. The van der Waals surface area contributed by atoms with Gasteiger partial charge in [-0.1, -0.05) is 11.6 Å². The lowest BCUT2D eigenvalue weighted by atomic mass is 10.2. The second kappa shape index (κ2) is 4.37. The molecule has 0 atom stereocenters. The van der Waals surface area contributed by atoms with Crippen LogP contribution < -0.4 is 10.5 Å². The molecule has 1 aromatic rings. The van der Waals surface area contributed by atoms with Gasteiger partial charge in [-0.3, -0.25) is 0 Å². The Bertz CT molecular complexity index is 368. The van der Waals surface area contributed by atoms with Gasteiger partial charge in [-0.05, 0) is 11.6 Å². The van der Waals surface area contributed by atoms with Gasteiger partial charge in [0, 0.05) is 11.9 Å². The van der Waals surface area contributed by atoms with Gasteiger partial charge in [0.1, 0.15) is 5.75 Å². The van der Waals surface area contributed by atoms with Crippen molar-refractivity contribution in [3.63, 3.8) is 0 Å². The summed E-state index contributed by atoms with van der Waals surface area (Å²) in [6.07, 6.45) is -4.76. The van der Waals surface area contributed by atoms with Gasteiger partial charge < -0.3 is 10.5 Å². The quantitative estimate of drug-likeness (QED) is 0.651. The van der Waals surface area contributed by atoms with E-state index in [0.717, 1.165) is 12.1 Å². The van der Waals surface area contributed by atoms with E-state index in [4.69, 9.17) is 28.9 Å². The Morgan fingerprint density at radius 1 is 1.33 bits per heavy atom. The first-order chi connectivity index (χ1) is 6.83. The zero-order chi connectivity index (χ0) is 11.6. The predicted octanol–water partition coefficient (Wildman–Crippen LogP) is 3.56. The minimum absolute atomic E-state index is 0.00549. The molecular formula is C8H6Cl2F3NO. The summed E-state index contributed by atoms with van der Waals surface area (Å²) in [5.41, 5.74) is 5.66. The van der Waals surface area contributed by atoms with Gasteiger partial charge in [0.25, 0.3) is 0 Å². The standard InChI is InChI=1S/C8H6Cl2F3NO/c9-3-4-1-5(15-8(11,12)13)2-6(14)7(4)10/h1-2H,3,14H2. The van der Waals surface area contributed by atoms with Crippen LogP contribution in [-0.4, -0.2) is 6.36 Å². The second-order valence-corrected chi connectivity index (χ2v) is 3.31. The highest BCUT2D eigenvalue weighted by Crippen LogP contribution is 2.32. The third-order valence-corrected chi connectivity index (χ3v) is 2.28. The zero-order valence-corrected chi connectivity index (χ0v) is 8.75. The smallest absolute Gasteiger partial charge is 0.406 e. The monoisotopic (exact) mass is 259 g/mol. The van der Waals surface area contributed by atoms with Gasteiger partial charge in [0.05, 0.1) is 10.7 Å². The van der Waals surface area contributed by atoms with Gasteiger partial charge in [-0.2, -0.15) is 0 Å². The molecule has 0 aliphatic heterocycles. The van der Waals surface area contributed by atoms with Crippen molar-refractivity contribution in [2.24, 2.45) is 0 Å². The van der Waals surface area contributed by atoms with E-state index < -0.39 is 12.1 Å². The van der Waals surface area contributed by atoms with Crippen LogP contribution in [-0.2, 0) is 5.88 Å². The molecular weight excluding hydrogens is 254 g/mol. The zero-order valence-electron chi connectivity index (χ0n) is 7.24. The Morgan fingerprint density at radius 2 is 1.93 bits per heavy atom. The molecule has 0 saturated carbocycles. The van der Waals surface area contributed by atoms with Gasteiger partial charge in [0.15, 0.2) is 0 Å². The summed E-state index contributed by atoms with van der Waals surface area (Å²) < 4.78 is 39.3. The molecule has 0 fully saturated rings. The molecule has 0 unspecified atom stereocenters. The summed E-state index contributed by atoms with van der Waals surface area (Å²) in [6.45, 7) is 0. The van der Waals surface area contributed by atoms with Crippen molar-refractivity contribution in [2.75, 3.05) is 5.73 Å². The molecule has 84 valence electrons. The highest BCUT2D eigenvalue weighted by atomic mass is 35.5. The summed E-state index contributed by atoms with van der Waals surface area (Å²) in [4.78, 5) is 0. The number of rotatable bonds is 2. The molecule has 1 rings (SSSR count). The molecule has 2 nitrogen and oxygen atoms in total. The van der Waals surface area contributed by atoms with E-state index in [0.29, 0.717) is 0 Å². The third kappa shape index (κ3) is 3.35. The lowest BCUT2D eigenvalue weighted by Gasteiger charge is -2.11. The average molecular weight is 260 g/mol. The van der Waals surface area contributed by atoms with Crippen molar-refractivity contribution < 1.29 is 17.9 Å². The molecule has 1 aromatic carbocycles. The van der Waals surface area contributed by atoms with Gasteiger partial charge in [-0.25, -0.2) is 0 Å². The first kappa shape index (κ1) is 12.3. The largest absolute Gasteiger partial charge is 0.573 e. The molecule has 0 amide bonds. The van der Waals surface area contributed by atoms with Crippen LogP contribution in [0.3, 0.4) is 0 Å². The number of hydrogen-bond donors (Lipinski definition) is 1. The van der Waals surface area contributed by atoms with E-state index in [2.05, 4.69) is 4.74 Å². The molecule has 0 aliphatic carbocycles. The lowest BCUT2D eigenvalue weighted by Crippen LogP contribution is -2.17.